The van der Waals surface area contributed by atoms with Crippen LogP contribution in [0.2, 0.25) is 0 Å². The number of hydrogen-bond donors (Lipinski definition) is 1. The Labute approximate surface area is 101 Å². The second-order valence-electron chi connectivity index (χ2n) is 3.86. The summed E-state index contributed by atoms with van der Waals surface area (Å²) in [6.07, 6.45) is 4.81. The number of hydrogen-bond acceptors (Lipinski definition) is 4. The summed E-state index contributed by atoms with van der Waals surface area (Å²) in [4.78, 5) is 13.2. The molecule has 1 amide bonds. The fourth-order valence-corrected chi connectivity index (χ4v) is 1.76. The highest BCUT2D eigenvalue weighted by Gasteiger charge is 2.33. The van der Waals surface area contributed by atoms with Crippen molar-refractivity contribution in [2.24, 2.45) is 0 Å². The van der Waals surface area contributed by atoms with Crippen LogP contribution in [0.3, 0.4) is 0 Å². The second-order valence-corrected chi connectivity index (χ2v) is 3.86. The van der Waals surface area contributed by atoms with Crippen LogP contribution in [0.1, 0.15) is 6.42 Å². The third-order valence-electron chi connectivity index (χ3n) is 2.50. The number of carbonyl (C=O) groups is 1. The summed E-state index contributed by atoms with van der Waals surface area (Å²) in [5.74, 6) is 0. The Morgan fingerprint density at radius 3 is 3.00 bits per heavy atom. The van der Waals surface area contributed by atoms with Gasteiger partial charge in [-0.3, -0.25) is 4.90 Å². The summed E-state index contributed by atoms with van der Waals surface area (Å²) >= 11 is 0. The number of aliphatic hydroxyl groups excluding tert-OH is 1. The molecule has 0 saturated carbocycles. The highest BCUT2D eigenvalue weighted by atomic mass is 16.6. The zero-order valence-electron chi connectivity index (χ0n) is 10.0. The largest absolute Gasteiger partial charge is 0.445 e. The predicted octanol–water partition coefficient (Wildman–Crippen LogP) is 0.947. The van der Waals surface area contributed by atoms with E-state index < -0.39 is 12.2 Å². The number of aliphatic hydroxyl groups is 1. The summed E-state index contributed by atoms with van der Waals surface area (Å²) in [5.41, 5.74) is 0. The van der Waals surface area contributed by atoms with Crippen LogP contribution in [0.5, 0.6) is 0 Å². The number of likely N-dealkylation sites (tertiary alicyclic amines) is 1. The minimum Gasteiger partial charge on any atom is -0.445 e. The quantitative estimate of drug-likeness (QED) is 0.728. The third kappa shape index (κ3) is 4.20. The van der Waals surface area contributed by atoms with Crippen LogP contribution in [0.4, 0.5) is 4.79 Å². The standard InChI is InChI=1S/C12H19NO4/c1-3-6-17-12(15)13-9-11(14)8-10(13)5-4-7-16-2/h3-5,10-11,14H,1,6-9H2,2H3/b5-4+/t10-,11-/m1/s1. The Morgan fingerprint density at radius 1 is 1.59 bits per heavy atom. The Kier molecular flexibility index (Phi) is 5.72. The fraction of sp³-hybridized carbons (Fsp3) is 0.583. The molecule has 0 aliphatic carbocycles. The number of carbonyl (C=O) groups excluding carboxylic acids is 1. The molecule has 1 saturated heterocycles. The van der Waals surface area contributed by atoms with Crippen molar-refractivity contribution >= 4 is 6.09 Å². The van der Waals surface area contributed by atoms with Gasteiger partial charge in [-0.25, -0.2) is 4.79 Å². The minimum atomic E-state index is -0.497. The lowest BCUT2D eigenvalue weighted by Gasteiger charge is -2.20. The molecule has 17 heavy (non-hydrogen) atoms. The van der Waals surface area contributed by atoms with E-state index in [0.29, 0.717) is 19.6 Å². The van der Waals surface area contributed by atoms with Gasteiger partial charge in [0, 0.05) is 7.11 Å². The third-order valence-corrected chi connectivity index (χ3v) is 2.50. The molecule has 0 unspecified atom stereocenters. The molecule has 1 heterocycles. The van der Waals surface area contributed by atoms with Crippen molar-refractivity contribution in [2.45, 2.75) is 18.6 Å². The van der Waals surface area contributed by atoms with Crippen molar-refractivity contribution in [3.8, 4) is 0 Å². The molecule has 0 aromatic heterocycles. The van der Waals surface area contributed by atoms with E-state index in [4.69, 9.17) is 9.47 Å². The van der Waals surface area contributed by atoms with Crippen LogP contribution in [0.15, 0.2) is 24.8 Å². The molecule has 0 radical (unpaired) electrons. The molecule has 1 aliphatic rings. The number of amides is 1. The molecule has 1 N–H and O–H groups in total. The van der Waals surface area contributed by atoms with Crippen molar-refractivity contribution in [3.05, 3.63) is 24.8 Å². The van der Waals surface area contributed by atoms with Gasteiger partial charge in [0.2, 0.25) is 0 Å². The van der Waals surface area contributed by atoms with Crippen LogP contribution in [0.25, 0.3) is 0 Å². The van der Waals surface area contributed by atoms with Gasteiger partial charge in [-0.1, -0.05) is 24.8 Å². The lowest BCUT2D eigenvalue weighted by atomic mass is 10.2. The topological polar surface area (TPSA) is 59.0 Å². The van der Waals surface area contributed by atoms with Gasteiger partial charge >= 0.3 is 6.09 Å². The second kappa shape index (κ2) is 7.09. The van der Waals surface area contributed by atoms with Crippen LogP contribution in [-0.2, 0) is 9.47 Å². The van der Waals surface area contributed by atoms with E-state index in [1.165, 1.54) is 11.0 Å². The van der Waals surface area contributed by atoms with Gasteiger partial charge in [0.1, 0.15) is 6.61 Å². The monoisotopic (exact) mass is 241 g/mol. The predicted molar refractivity (Wildman–Crippen MR) is 63.7 cm³/mol. The number of rotatable bonds is 5. The first-order valence-corrected chi connectivity index (χ1v) is 5.57. The van der Waals surface area contributed by atoms with Crippen LogP contribution < -0.4 is 0 Å². The van der Waals surface area contributed by atoms with Gasteiger partial charge in [-0.15, -0.1) is 0 Å². The van der Waals surface area contributed by atoms with E-state index in [-0.39, 0.29) is 12.6 Å². The van der Waals surface area contributed by atoms with E-state index in [1.54, 1.807) is 7.11 Å². The molecule has 0 aromatic carbocycles. The summed E-state index contributed by atoms with van der Waals surface area (Å²) < 4.78 is 9.84. The van der Waals surface area contributed by atoms with Gasteiger partial charge in [0.15, 0.2) is 0 Å². The van der Waals surface area contributed by atoms with Crippen molar-refractivity contribution in [1.29, 1.82) is 0 Å². The summed E-state index contributed by atoms with van der Waals surface area (Å²) in [5, 5.41) is 9.57. The van der Waals surface area contributed by atoms with Gasteiger partial charge in [-0.05, 0) is 6.42 Å². The highest BCUT2D eigenvalue weighted by molar-refractivity contribution is 5.69. The molecule has 1 rings (SSSR count). The Hall–Kier alpha value is -1.33. The zero-order chi connectivity index (χ0) is 12.7. The van der Waals surface area contributed by atoms with Crippen molar-refractivity contribution in [3.63, 3.8) is 0 Å². The smallest absolute Gasteiger partial charge is 0.410 e. The van der Waals surface area contributed by atoms with Crippen LogP contribution in [0, 0.1) is 0 Å². The first-order valence-electron chi connectivity index (χ1n) is 5.57. The zero-order valence-corrected chi connectivity index (χ0v) is 10.0. The maximum Gasteiger partial charge on any atom is 0.410 e. The minimum absolute atomic E-state index is 0.127. The Balaban J connectivity index is 2.54. The first-order chi connectivity index (χ1) is 8.19. The molecule has 96 valence electrons. The Morgan fingerprint density at radius 2 is 2.35 bits per heavy atom. The first kappa shape index (κ1) is 13.7. The lowest BCUT2D eigenvalue weighted by Crippen LogP contribution is -2.35. The SMILES string of the molecule is C=CCOC(=O)N1C[C@H](O)C[C@H]1/C=C/COC. The number of nitrogens with zero attached hydrogens (tertiary/aromatic N) is 1. The van der Waals surface area contributed by atoms with Crippen molar-refractivity contribution < 1.29 is 19.4 Å². The lowest BCUT2D eigenvalue weighted by molar-refractivity contribution is 0.107. The summed E-state index contributed by atoms with van der Waals surface area (Å²) in [7, 11) is 1.60. The average Bonchev–Trinajstić information content (AvgIpc) is 2.68. The molecule has 0 bridgehead atoms. The van der Waals surface area contributed by atoms with E-state index in [2.05, 4.69) is 6.58 Å². The molecular formula is C12H19NO4. The van der Waals surface area contributed by atoms with Gasteiger partial charge in [0.05, 0.1) is 25.3 Å². The van der Waals surface area contributed by atoms with E-state index in [0.717, 1.165) is 0 Å². The average molecular weight is 241 g/mol. The molecule has 1 fully saturated rings. The molecule has 2 atom stereocenters. The Bertz CT molecular complexity index is 290. The van der Waals surface area contributed by atoms with Crippen molar-refractivity contribution in [1.82, 2.24) is 4.90 Å². The van der Waals surface area contributed by atoms with Crippen molar-refractivity contribution in [2.75, 3.05) is 26.9 Å². The highest BCUT2D eigenvalue weighted by Crippen LogP contribution is 2.19. The van der Waals surface area contributed by atoms with Crippen LogP contribution >= 0.6 is 0 Å². The van der Waals surface area contributed by atoms with Crippen LogP contribution in [-0.4, -0.2) is 55.1 Å². The molecule has 1 aliphatic heterocycles. The summed E-state index contributed by atoms with van der Waals surface area (Å²) in [6.45, 7) is 4.45. The van der Waals surface area contributed by atoms with Gasteiger partial charge in [-0.2, -0.15) is 0 Å². The number of methoxy groups -OCH3 is 1. The van der Waals surface area contributed by atoms with Gasteiger partial charge < -0.3 is 14.6 Å². The number of β-amino-alcohol motifs (C(OH)–C–C–N with tert-alkyl or cyclic N) is 1. The maximum atomic E-state index is 11.7. The maximum absolute atomic E-state index is 11.7. The molecule has 5 heteroatoms. The fourth-order valence-electron chi connectivity index (χ4n) is 1.76. The molecular weight excluding hydrogens is 222 g/mol. The number of ether oxygens (including phenoxy) is 2. The normalized spacial score (nSPS) is 24.2. The summed E-state index contributed by atoms with van der Waals surface area (Å²) in [6, 6.07) is -0.127. The molecule has 0 spiro atoms. The van der Waals surface area contributed by atoms with Gasteiger partial charge in [0.25, 0.3) is 0 Å². The van der Waals surface area contributed by atoms with E-state index in [1.807, 2.05) is 12.2 Å². The molecule has 5 nitrogen and oxygen atoms in total. The van der Waals surface area contributed by atoms with E-state index in [9.17, 15) is 9.90 Å². The van der Waals surface area contributed by atoms with E-state index >= 15 is 0 Å². The molecule has 0 aromatic rings.